The summed E-state index contributed by atoms with van der Waals surface area (Å²) >= 11 is 0. The van der Waals surface area contributed by atoms with Crippen LogP contribution in [0.3, 0.4) is 0 Å². The lowest BCUT2D eigenvalue weighted by molar-refractivity contribution is 0.431. The Labute approximate surface area is 123 Å². The molecular formula is C18H30O2. The molecule has 2 unspecified atom stereocenters. The average Bonchev–Trinajstić information content (AvgIpc) is 2.36. The van der Waals surface area contributed by atoms with Crippen molar-refractivity contribution in [1.82, 2.24) is 0 Å². The van der Waals surface area contributed by atoms with Gasteiger partial charge < -0.3 is 10.2 Å². The maximum atomic E-state index is 10.2. The van der Waals surface area contributed by atoms with Crippen molar-refractivity contribution in [2.75, 3.05) is 0 Å². The zero-order chi connectivity index (χ0) is 15.1. The molecule has 2 N–H and O–H groups in total. The van der Waals surface area contributed by atoms with E-state index in [1.54, 1.807) is 12.1 Å². The average molecular weight is 278 g/mol. The summed E-state index contributed by atoms with van der Waals surface area (Å²) in [5, 5.41) is 20.3. The second kappa shape index (κ2) is 8.18. The minimum atomic E-state index is 0.337. The van der Waals surface area contributed by atoms with Gasteiger partial charge in [-0.1, -0.05) is 53.4 Å². The number of phenols is 2. The van der Waals surface area contributed by atoms with Crippen LogP contribution in [0.25, 0.3) is 0 Å². The van der Waals surface area contributed by atoms with Crippen molar-refractivity contribution in [3.63, 3.8) is 0 Å². The van der Waals surface area contributed by atoms with Gasteiger partial charge in [-0.25, -0.2) is 0 Å². The second-order valence-corrected chi connectivity index (χ2v) is 6.31. The predicted octanol–water partition coefficient (Wildman–Crippen LogP) is 5.06. The van der Waals surface area contributed by atoms with Crippen molar-refractivity contribution >= 4 is 0 Å². The molecule has 0 fully saturated rings. The minimum absolute atomic E-state index is 0.337. The molecule has 0 saturated carbocycles. The smallest absolute Gasteiger partial charge is 0.119 e. The summed E-state index contributed by atoms with van der Waals surface area (Å²) < 4.78 is 0. The molecule has 0 saturated heterocycles. The van der Waals surface area contributed by atoms with Gasteiger partial charge in [0.25, 0.3) is 0 Å². The van der Waals surface area contributed by atoms with Crippen LogP contribution in [0.15, 0.2) is 12.1 Å². The number of hydrogen-bond donors (Lipinski definition) is 2. The van der Waals surface area contributed by atoms with Crippen LogP contribution in [-0.4, -0.2) is 10.2 Å². The highest BCUT2D eigenvalue weighted by Crippen LogP contribution is 2.31. The van der Waals surface area contributed by atoms with Gasteiger partial charge in [-0.3, -0.25) is 0 Å². The van der Waals surface area contributed by atoms with Crippen molar-refractivity contribution in [3.8, 4) is 11.5 Å². The second-order valence-electron chi connectivity index (χ2n) is 6.31. The summed E-state index contributed by atoms with van der Waals surface area (Å²) in [4.78, 5) is 0. The zero-order valence-corrected chi connectivity index (χ0v) is 13.4. The van der Waals surface area contributed by atoms with Crippen molar-refractivity contribution in [1.29, 1.82) is 0 Å². The lowest BCUT2D eigenvalue weighted by Gasteiger charge is -2.16. The van der Waals surface area contributed by atoms with Crippen molar-refractivity contribution in [2.24, 2.45) is 11.8 Å². The molecule has 0 aliphatic carbocycles. The number of phenolic OH excluding ortho intramolecular Hbond substituents is 2. The fourth-order valence-electron chi connectivity index (χ4n) is 2.93. The SMILES string of the molecule is CCCC(C)Cc1cc(O)c(CC(C)CCC)cc1O. The normalized spacial score (nSPS) is 14.2. The summed E-state index contributed by atoms with van der Waals surface area (Å²) in [5.74, 6) is 1.75. The Kier molecular flexibility index (Phi) is 6.90. The summed E-state index contributed by atoms with van der Waals surface area (Å²) in [6, 6.07) is 3.52. The third kappa shape index (κ3) is 5.07. The van der Waals surface area contributed by atoms with Crippen LogP contribution in [0.4, 0.5) is 0 Å². The fraction of sp³-hybridized carbons (Fsp3) is 0.667. The summed E-state index contributed by atoms with van der Waals surface area (Å²) in [6.07, 6.45) is 6.27. The van der Waals surface area contributed by atoms with Gasteiger partial charge in [0.2, 0.25) is 0 Å². The van der Waals surface area contributed by atoms with Crippen LogP contribution in [0.5, 0.6) is 11.5 Å². The lowest BCUT2D eigenvalue weighted by atomic mass is 9.92. The molecule has 0 spiro atoms. The van der Waals surface area contributed by atoms with Crippen LogP contribution < -0.4 is 0 Å². The molecule has 2 atom stereocenters. The number of hydrogen-bond acceptors (Lipinski definition) is 2. The van der Waals surface area contributed by atoms with Gasteiger partial charge >= 0.3 is 0 Å². The molecule has 20 heavy (non-hydrogen) atoms. The van der Waals surface area contributed by atoms with E-state index < -0.39 is 0 Å². The number of benzene rings is 1. The van der Waals surface area contributed by atoms with E-state index in [1.807, 2.05) is 0 Å². The highest BCUT2D eigenvalue weighted by molar-refractivity contribution is 5.45. The molecule has 0 bridgehead atoms. The van der Waals surface area contributed by atoms with E-state index in [-0.39, 0.29) is 0 Å². The molecule has 0 aliphatic rings. The molecule has 0 radical (unpaired) electrons. The molecule has 0 aliphatic heterocycles. The first-order valence-electron chi connectivity index (χ1n) is 8.01. The quantitative estimate of drug-likeness (QED) is 0.653. The third-order valence-corrected chi connectivity index (χ3v) is 3.98. The summed E-state index contributed by atoms with van der Waals surface area (Å²) in [6.45, 7) is 8.73. The van der Waals surface area contributed by atoms with Gasteiger partial charge in [0.1, 0.15) is 11.5 Å². The van der Waals surface area contributed by atoms with Gasteiger partial charge in [-0.2, -0.15) is 0 Å². The highest BCUT2D eigenvalue weighted by atomic mass is 16.3. The Morgan fingerprint density at radius 2 is 1.15 bits per heavy atom. The predicted molar refractivity (Wildman–Crippen MR) is 85.3 cm³/mol. The van der Waals surface area contributed by atoms with Crippen molar-refractivity contribution < 1.29 is 10.2 Å². The van der Waals surface area contributed by atoms with Crippen LogP contribution in [0, 0.1) is 11.8 Å². The van der Waals surface area contributed by atoms with E-state index in [2.05, 4.69) is 27.7 Å². The Morgan fingerprint density at radius 3 is 1.45 bits per heavy atom. The Bertz CT molecular complexity index is 372. The van der Waals surface area contributed by atoms with Crippen molar-refractivity contribution in [3.05, 3.63) is 23.3 Å². The van der Waals surface area contributed by atoms with Gasteiger partial charge in [0.05, 0.1) is 0 Å². The Hall–Kier alpha value is -1.18. The first kappa shape index (κ1) is 16.9. The van der Waals surface area contributed by atoms with Crippen LogP contribution in [0.1, 0.15) is 64.5 Å². The summed E-state index contributed by atoms with van der Waals surface area (Å²) in [7, 11) is 0. The largest absolute Gasteiger partial charge is 0.508 e. The Balaban J connectivity index is 2.80. The first-order valence-corrected chi connectivity index (χ1v) is 8.01. The van der Waals surface area contributed by atoms with Gasteiger partial charge in [-0.15, -0.1) is 0 Å². The maximum absolute atomic E-state index is 10.2. The first-order chi connectivity index (χ1) is 9.47. The van der Waals surface area contributed by atoms with Gasteiger partial charge in [0, 0.05) is 0 Å². The third-order valence-electron chi connectivity index (χ3n) is 3.98. The molecule has 1 aromatic carbocycles. The molecule has 0 aromatic heterocycles. The monoisotopic (exact) mass is 278 g/mol. The van der Waals surface area contributed by atoms with E-state index in [9.17, 15) is 10.2 Å². The van der Waals surface area contributed by atoms with E-state index >= 15 is 0 Å². The molecule has 2 heteroatoms. The highest BCUT2D eigenvalue weighted by Gasteiger charge is 2.13. The molecule has 0 heterocycles. The van der Waals surface area contributed by atoms with Crippen LogP contribution in [0.2, 0.25) is 0 Å². The molecule has 1 rings (SSSR count). The number of rotatable bonds is 8. The van der Waals surface area contributed by atoms with Gasteiger partial charge in [-0.05, 0) is 47.9 Å². The lowest BCUT2D eigenvalue weighted by Crippen LogP contribution is -2.02. The summed E-state index contributed by atoms with van der Waals surface area (Å²) in [5.41, 5.74) is 1.74. The molecule has 2 nitrogen and oxygen atoms in total. The van der Waals surface area contributed by atoms with E-state index in [4.69, 9.17) is 0 Å². The Morgan fingerprint density at radius 1 is 0.800 bits per heavy atom. The van der Waals surface area contributed by atoms with E-state index in [0.29, 0.717) is 23.3 Å². The molecule has 114 valence electrons. The van der Waals surface area contributed by atoms with E-state index in [1.165, 1.54) is 0 Å². The molecular weight excluding hydrogens is 248 g/mol. The van der Waals surface area contributed by atoms with Crippen molar-refractivity contribution in [2.45, 2.75) is 66.2 Å². The molecule has 0 amide bonds. The molecule has 1 aromatic rings. The van der Waals surface area contributed by atoms with E-state index in [0.717, 1.165) is 49.7 Å². The fourth-order valence-corrected chi connectivity index (χ4v) is 2.93. The van der Waals surface area contributed by atoms with Crippen LogP contribution in [-0.2, 0) is 12.8 Å². The topological polar surface area (TPSA) is 40.5 Å². The van der Waals surface area contributed by atoms with Crippen LogP contribution >= 0.6 is 0 Å². The zero-order valence-electron chi connectivity index (χ0n) is 13.4. The minimum Gasteiger partial charge on any atom is -0.508 e. The van der Waals surface area contributed by atoms with Gasteiger partial charge in [0.15, 0.2) is 0 Å². The number of aromatic hydroxyl groups is 2. The maximum Gasteiger partial charge on any atom is 0.119 e. The standard InChI is InChI=1S/C18H30O2/c1-5-7-13(3)9-15-11-18(20)16(12-17(15)19)10-14(4)8-6-2/h11-14,19-20H,5-10H2,1-4H3.